The molecule has 0 aliphatic heterocycles. The summed E-state index contributed by atoms with van der Waals surface area (Å²) in [4.78, 5) is 28.3. The van der Waals surface area contributed by atoms with Gasteiger partial charge in [0.05, 0.1) is 6.04 Å². The van der Waals surface area contributed by atoms with Gasteiger partial charge in [-0.25, -0.2) is 4.98 Å². The molecular formula is C21H21N3O3. The SMILES string of the molecule is C=CC(=O)NCC(NC(=O)c1coc(CC)n1)c1ccc2ccccc2c1. The number of amides is 2. The number of hydrogen-bond acceptors (Lipinski definition) is 4. The highest BCUT2D eigenvalue weighted by Crippen LogP contribution is 2.21. The predicted octanol–water partition coefficient (Wildman–Crippen LogP) is 3.16. The number of carbonyl (C=O) groups excluding carboxylic acids is 2. The fourth-order valence-corrected chi connectivity index (χ4v) is 2.76. The van der Waals surface area contributed by atoms with Gasteiger partial charge in [-0.05, 0) is 28.5 Å². The summed E-state index contributed by atoms with van der Waals surface area (Å²) in [7, 11) is 0. The first-order valence-electron chi connectivity index (χ1n) is 8.75. The Balaban J connectivity index is 1.85. The summed E-state index contributed by atoms with van der Waals surface area (Å²) in [6.45, 7) is 5.58. The first-order valence-corrected chi connectivity index (χ1v) is 8.75. The summed E-state index contributed by atoms with van der Waals surface area (Å²) in [5, 5.41) is 7.81. The maximum Gasteiger partial charge on any atom is 0.273 e. The lowest BCUT2D eigenvalue weighted by Crippen LogP contribution is -2.37. The monoisotopic (exact) mass is 363 g/mol. The van der Waals surface area contributed by atoms with Crippen molar-refractivity contribution in [2.75, 3.05) is 6.54 Å². The Morgan fingerprint density at radius 2 is 2.00 bits per heavy atom. The molecule has 3 aromatic rings. The lowest BCUT2D eigenvalue weighted by molar-refractivity contribution is -0.116. The molecule has 6 nitrogen and oxygen atoms in total. The highest BCUT2D eigenvalue weighted by atomic mass is 16.3. The zero-order valence-corrected chi connectivity index (χ0v) is 15.1. The number of aromatic nitrogens is 1. The van der Waals surface area contributed by atoms with E-state index >= 15 is 0 Å². The van der Waals surface area contributed by atoms with Crippen molar-refractivity contribution in [1.29, 1.82) is 0 Å². The van der Waals surface area contributed by atoms with E-state index in [-0.39, 0.29) is 24.1 Å². The summed E-state index contributed by atoms with van der Waals surface area (Å²) in [6, 6.07) is 13.5. The molecule has 0 bridgehead atoms. The lowest BCUT2D eigenvalue weighted by Gasteiger charge is -2.19. The Hall–Kier alpha value is -3.41. The number of benzene rings is 2. The topological polar surface area (TPSA) is 84.2 Å². The highest BCUT2D eigenvalue weighted by Gasteiger charge is 2.19. The number of rotatable bonds is 7. The normalized spacial score (nSPS) is 11.7. The van der Waals surface area contributed by atoms with Crippen LogP contribution in [0.25, 0.3) is 10.8 Å². The summed E-state index contributed by atoms with van der Waals surface area (Å²) >= 11 is 0. The average Bonchev–Trinajstić information content (AvgIpc) is 3.19. The van der Waals surface area contributed by atoms with E-state index in [9.17, 15) is 9.59 Å². The van der Waals surface area contributed by atoms with Gasteiger partial charge in [-0.2, -0.15) is 0 Å². The number of nitrogens with one attached hydrogen (secondary N) is 2. The van der Waals surface area contributed by atoms with Crippen LogP contribution < -0.4 is 10.6 Å². The van der Waals surface area contributed by atoms with Crippen LogP contribution >= 0.6 is 0 Å². The Kier molecular flexibility index (Phi) is 5.66. The van der Waals surface area contributed by atoms with Crippen molar-refractivity contribution in [3.63, 3.8) is 0 Å². The predicted molar refractivity (Wildman–Crippen MR) is 103 cm³/mol. The van der Waals surface area contributed by atoms with Crippen molar-refractivity contribution in [3.05, 3.63) is 78.5 Å². The quantitative estimate of drug-likeness (QED) is 0.632. The minimum Gasteiger partial charge on any atom is -0.448 e. The Bertz CT molecular complexity index is 977. The first-order chi connectivity index (χ1) is 13.1. The molecule has 2 aromatic carbocycles. The smallest absolute Gasteiger partial charge is 0.273 e. The summed E-state index contributed by atoms with van der Waals surface area (Å²) < 4.78 is 5.24. The Morgan fingerprint density at radius 3 is 2.70 bits per heavy atom. The molecule has 0 aliphatic carbocycles. The molecule has 1 atom stereocenters. The molecule has 0 saturated carbocycles. The molecule has 27 heavy (non-hydrogen) atoms. The van der Waals surface area contributed by atoms with Gasteiger partial charge in [-0.15, -0.1) is 0 Å². The van der Waals surface area contributed by atoms with Crippen molar-refractivity contribution in [2.24, 2.45) is 0 Å². The molecule has 0 fully saturated rings. The zero-order valence-electron chi connectivity index (χ0n) is 15.1. The van der Waals surface area contributed by atoms with Crippen LogP contribution in [0.5, 0.6) is 0 Å². The van der Waals surface area contributed by atoms with Crippen molar-refractivity contribution in [3.8, 4) is 0 Å². The van der Waals surface area contributed by atoms with E-state index in [0.717, 1.165) is 16.3 Å². The van der Waals surface area contributed by atoms with Crippen LogP contribution in [0.2, 0.25) is 0 Å². The van der Waals surface area contributed by atoms with Gasteiger partial charge in [-0.1, -0.05) is 49.9 Å². The van der Waals surface area contributed by atoms with Gasteiger partial charge in [-0.3, -0.25) is 9.59 Å². The van der Waals surface area contributed by atoms with Crippen molar-refractivity contribution < 1.29 is 14.0 Å². The molecule has 1 heterocycles. The van der Waals surface area contributed by atoms with Gasteiger partial charge >= 0.3 is 0 Å². The van der Waals surface area contributed by atoms with Crippen LogP contribution in [-0.4, -0.2) is 23.3 Å². The maximum atomic E-state index is 12.6. The third-order valence-corrected chi connectivity index (χ3v) is 4.23. The van der Waals surface area contributed by atoms with E-state index in [1.807, 2.05) is 49.4 Å². The largest absolute Gasteiger partial charge is 0.448 e. The van der Waals surface area contributed by atoms with Gasteiger partial charge in [0.1, 0.15) is 6.26 Å². The number of carbonyl (C=O) groups is 2. The number of nitrogens with zero attached hydrogens (tertiary/aromatic N) is 1. The summed E-state index contributed by atoms with van der Waals surface area (Å²) in [5.74, 6) is -0.156. The fourth-order valence-electron chi connectivity index (χ4n) is 2.76. The van der Waals surface area contributed by atoms with Gasteiger partial charge in [0.25, 0.3) is 5.91 Å². The van der Waals surface area contributed by atoms with Gasteiger partial charge in [0.2, 0.25) is 5.91 Å². The van der Waals surface area contributed by atoms with Crippen LogP contribution in [0, 0.1) is 0 Å². The Labute approximate surface area is 157 Å². The molecule has 138 valence electrons. The molecule has 6 heteroatoms. The van der Waals surface area contributed by atoms with Crippen LogP contribution in [0.1, 0.15) is 34.9 Å². The fraction of sp³-hybridized carbons (Fsp3) is 0.190. The van der Waals surface area contributed by atoms with Gasteiger partial charge < -0.3 is 15.1 Å². The van der Waals surface area contributed by atoms with E-state index in [0.29, 0.717) is 12.3 Å². The molecule has 2 N–H and O–H groups in total. The first kappa shape index (κ1) is 18.4. The van der Waals surface area contributed by atoms with E-state index in [1.165, 1.54) is 12.3 Å². The minimum atomic E-state index is -0.423. The minimum absolute atomic E-state index is 0.215. The molecular weight excluding hydrogens is 342 g/mol. The third kappa shape index (κ3) is 4.41. The van der Waals surface area contributed by atoms with E-state index < -0.39 is 6.04 Å². The van der Waals surface area contributed by atoms with E-state index in [2.05, 4.69) is 22.2 Å². The number of oxazole rings is 1. The van der Waals surface area contributed by atoms with Gasteiger partial charge in [0.15, 0.2) is 11.6 Å². The molecule has 0 aliphatic rings. The molecule has 0 radical (unpaired) electrons. The Morgan fingerprint density at radius 1 is 1.22 bits per heavy atom. The molecule has 1 unspecified atom stereocenters. The molecule has 1 aromatic heterocycles. The van der Waals surface area contributed by atoms with Crippen LogP contribution in [0.15, 0.2) is 65.8 Å². The van der Waals surface area contributed by atoms with E-state index in [1.54, 1.807) is 0 Å². The molecule has 0 spiro atoms. The second kappa shape index (κ2) is 8.31. The summed E-state index contributed by atoms with van der Waals surface area (Å²) in [5.41, 5.74) is 1.10. The second-order valence-electron chi connectivity index (χ2n) is 6.06. The number of hydrogen-bond donors (Lipinski definition) is 2. The highest BCUT2D eigenvalue weighted by molar-refractivity contribution is 5.92. The average molecular weight is 363 g/mol. The lowest BCUT2D eigenvalue weighted by atomic mass is 10.0. The van der Waals surface area contributed by atoms with Crippen LogP contribution in [0.4, 0.5) is 0 Å². The summed E-state index contributed by atoms with van der Waals surface area (Å²) in [6.07, 6.45) is 3.15. The second-order valence-corrected chi connectivity index (χ2v) is 6.06. The van der Waals surface area contributed by atoms with Crippen molar-refractivity contribution >= 4 is 22.6 Å². The zero-order chi connectivity index (χ0) is 19.2. The number of fused-ring (bicyclic) bond motifs is 1. The van der Waals surface area contributed by atoms with Crippen LogP contribution in [-0.2, 0) is 11.2 Å². The number of aryl methyl sites for hydroxylation is 1. The maximum absolute atomic E-state index is 12.6. The molecule has 2 amide bonds. The van der Waals surface area contributed by atoms with Crippen molar-refractivity contribution in [2.45, 2.75) is 19.4 Å². The van der Waals surface area contributed by atoms with Gasteiger partial charge in [0, 0.05) is 13.0 Å². The molecule has 3 rings (SSSR count). The van der Waals surface area contributed by atoms with Crippen molar-refractivity contribution in [1.82, 2.24) is 15.6 Å². The standard InChI is InChI=1S/C21H21N3O3/c1-3-19(25)22-12-17(24-21(26)18-13-27-20(4-2)23-18)16-10-9-14-7-5-6-8-15(14)11-16/h3,5-11,13,17H,1,4,12H2,2H3,(H,22,25)(H,24,26). The van der Waals surface area contributed by atoms with E-state index in [4.69, 9.17) is 4.42 Å². The molecule has 0 saturated heterocycles. The van der Waals surface area contributed by atoms with Crippen LogP contribution in [0.3, 0.4) is 0 Å². The third-order valence-electron chi connectivity index (χ3n) is 4.23.